The van der Waals surface area contributed by atoms with Gasteiger partial charge in [-0.15, -0.1) is 0 Å². The third-order valence-corrected chi connectivity index (χ3v) is 1.68. The summed E-state index contributed by atoms with van der Waals surface area (Å²) in [5.41, 5.74) is 0.798. The van der Waals surface area contributed by atoms with Crippen molar-refractivity contribution >= 4 is 5.97 Å². The van der Waals surface area contributed by atoms with E-state index < -0.39 is 0 Å². The topological polar surface area (TPSA) is 46.5 Å². The molecule has 0 rings (SSSR count). The van der Waals surface area contributed by atoms with Gasteiger partial charge in [-0.05, 0) is 13.3 Å². The standard InChI is InChI=1S/C9H16O3/c1-4-8(9(11)12-3)5-7(2)6-10/h5,8,10H,4,6H2,1-3H3/b7-5+. The van der Waals surface area contributed by atoms with Gasteiger partial charge in [0.15, 0.2) is 0 Å². The van der Waals surface area contributed by atoms with Gasteiger partial charge in [0.25, 0.3) is 0 Å². The fraction of sp³-hybridized carbons (Fsp3) is 0.667. The first-order valence-corrected chi connectivity index (χ1v) is 4.01. The Morgan fingerprint density at radius 3 is 2.58 bits per heavy atom. The van der Waals surface area contributed by atoms with Crippen LogP contribution >= 0.6 is 0 Å². The normalized spacial score (nSPS) is 14.2. The predicted molar refractivity (Wildman–Crippen MR) is 46.6 cm³/mol. The van der Waals surface area contributed by atoms with Crippen LogP contribution in [0, 0.1) is 5.92 Å². The fourth-order valence-electron chi connectivity index (χ4n) is 0.900. The van der Waals surface area contributed by atoms with Gasteiger partial charge in [-0.1, -0.05) is 18.6 Å². The van der Waals surface area contributed by atoms with Crippen molar-refractivity contribution in [2.45, 2.75) is 20.3 Å². The predicted octanol–water partition coefficient (Wildman–Crippen LogP) is 1.12. The lowest BCUT2D eigenvalue weighted by Crippen LogP contribution is -2.13. The van der Waals surface area contributed by atoms with Gasteiger partial charge >= 0.3 is 5.97 Å². The second-order valence-corrected chi connectivity index (χ2v) is 2.71. The quantitative estimate of drug-likeness (QED) is 0.510. The maximum Gasteiger partial charge on any atom is 0.312 e. The molecule has 1 atom stereocenters. The summed E-state index contributed by atoms with van der Waals surface area (Å²) in [6.07, 6.45) is 2.44. The average molecular weight is 172 g/mol. The summed E-state index contributed by atoms with van der Waals surface area (Å²) in [6, 6.07) is 0. The van der Waals surface area contributed by atoms with Gasteiger partial charge in [-0.3, -0.25) is 4.79 Å². The zero-order chi connectivity index (χ0) is 9.56. The van der Waals surface area contributed by atoms with Gasteiger partial charge < -0.3 is 9.84 Å². The molecule has 70 valence electrons. The Morgan fingerprint density at radius 1 is 1.67 bits per heavy atom. The molecule has 0 saturated heterocycles. The van der Waals surface area contributed by atoms with Crippen molar-refractivity contribution in [2.75, 3.05) is 13.7 Å². The van der Waals surface area contributed by atoms with E-state index in [1.54, 1.807) is 13.0 Å². The third-order valence-electron chi connectivity index (χ3n) is 1.68. The Labute approximate surface area is 73.0 Å². The second kappa shape index (κ2) is 5.77. The number of hydrogen-bond acceptors (Lipinski definition) is 3. The van der Waals surface area contributed by atoms with Crippen LogP contribution < -0.4 is 0 Å². The van der Waals surface area contributed by atoms with Crippen LogP contribution in [0.5, 0.6) is 0 Å². The molecule has 0 fully saturated rings. The number of rotatable bonds is 4. The molecular weight excluding hydrogens is 156 g/mol. The Hall–Kier alpha value is -0.830. The van der Waals surface area contributed by atoms with Crippen LogP contribution in [0.3, 0.4) is 0 Å². The Kier molecular flexibility index (Phi) is 5.37. The summed E-state index contributed by atoms with van der Waals surface area (Å²) < 4.78 is 4.58. The second-order valence-electron chi connectivity index (χ2n) is 2.71. The number of aliphatic hydroxyl groups excluding tert-OH is 1. The van der Waals surface area contributed by atoms with E-state index in [1.165, 1.54) is 7.11 Å². The van der Waals surface area contributed by atoms with E-state index in [0.29, 0.717) is 6.42 Å². The molecule has 0 aliphatic carbocycles. The summed E-state index contributed by atoms with van der Waals surface area (Å²) in [5, 5.41) is 8.71. The van der Waals surface area contributed by atoms with Gasteiger partial charge in [-0.25, -0.2) is 0 Å². The molecule has 3 heteroatoms. The SMILES string of the molecule is CCC(/C=C(\C)CO)C(=O)OC. The van der Waals surface area contributed by atoms with Crippen LogP contribution in [-0.2, 0) is 9.53 Å². The van der Waals surface area contributed by atoms with E-state index in [4.69, 9.17) is 5.11 Å². The number of ether oxygens (including phenoxy) is 1. The van der Waals surface area contributed by atoms with Crippen LogP contribution in [0.1, 0.15) is 20.3 Å². The van der Waals surface area contributed by atoms with Crippen LogP contribution in [0.4, 0.5) is 0 Å². The first kappa shape index (κ1) is 11.2. The lowest BCUT2D eigenvalue weighted by Gasteiger charge is -2.07. The molecular formula is C9H16O3. The van der Waals surface area contributed by atoms with Crippen LogP contribution in [0.2, 0.25) is 0 Å². The number of carbonyl (C=O) groups excluding carboxylic acids is 1. The van der Waals surface area contributed by atoms with Crippen LogP contribution in [0.25, 0.3) is 0 Å². The smallest absolute Gasteiger partial charge is 0.312 e. The lowest BCUT2D eigenvalue weighted by atomic mass is 10.0. The highest BCUT2D eigenvalue weighted by Gasteiger charge is 2.13. The van der Waals surface area contributed by atoms with Crippen molar-refractivity contribution in [3.8, 4) is 0 Å². The number of methoxy groups -OCH3 is 1. The third kappa shape index (κ3) is 3.53. The van der Waals surface area contributed by atoms with E-state index >= 15 is 0 Å². The molecule has 0 amide bonds. The van der Waals surface area contributed by atoms with E-state index in [2.05, 4.69) is 4.74 Å². The van der Waals surface area contributed by atoms with Crippen molar-refractivity contribution in [2.24, 2.45) is 5.92 Å². The number of aliphatic hydroxyl groups is 1. The van der Waals surface area contributed by atoms with Crippen molar-refractivity contribution in [1.29, 1.82) is 0 Å². The van der Waals surface area contributed by atoms with Gasteiger partial charge in [0.1, 0.15) is 0 Å². The first-order chi connectivity index (χ1) is 5.65. The van der Waals surface area contributed by atoms with E-state index in [9.17, 15) is 4.79 Å². The summed E-state index contributed by atoms with van der Waals surface area (Å²) in [5.74, 6) is -0.465. The number of carbonyl (C=O) groups is 1. The molecule has 0 saturated carbocycles. The zero-order valence-corrected chi connectivity index (χ0v) is 7.83. The minimum atomic E-state index is -0.245. The maximum absolute atomic E-state index is 11.0. The number of esters is 1. The van der Waals surface area contributed by atoms with Gasteiger partial charge in [0.05, 0.1) is 19.6 Å². The van der Waals surface area contributed by atoms with Crippen molar-refractivity contribution in [1.82, 2.24) is 0 Å². The van der Waals surface area contributed by atoms with E-state index in [-0.39, 0.29) is 18.5 Å². The minimum absolute atomic E-state index is 0.00645. The van der Waals surface area contributed by atoms with Gasteiger partial charge in [-0.2, -0.15) is 0 Å². The van der Waals surface area contributed by atoms with Crippen molar-refractivity contribution in [3.05, 3.63) is 11.6 Å². The van der Waals surface area contributed by atoms with Crippen LogP contribution in [0.15, 0.2) is 11.6 Å². The highest BCUT2D eigenvalue weighted by atomic mass is 16.5. The molecule has 0 aromatic heterocycles. The zero-order valence-electron chi connectivity index (χ0n) is 7.83. The molecule has 1 unspecified atom stereocenters. The molecule has 0 aliphatic rings. The Balaban J connectivity index is 4.26. The maximum atomic E-state index is 11.0. The molecule has 0 radical (unpaired) electrons. The summed E-state index contributed by atoms with van der Waals surface area (Å²) in [4.78, 5) is 11.0. The van der Waals surface area contributed by atoms with Crippen molar-refractivity contribution in [3.63, 3.8) is 0 Å². The van der Waals surface area contributed by atoms with Gasteiger partial charge in [0.2, 0.25) is 0 Å². The summed E-state index contributed by atoms with van der Waals surface area (Å²) in [7, 11) is 1.37. The molecule has 0 heterocycles. The van der Waals surface area contributed by atoms with Crippen molar-refractivity contribution < 1.29 is 14.6 Å². The summed E-state index contributed by atoms with van der Waals surface area (Å²) >= 11 is 0. The van der Waals surface area contributed by atoms with Gasteiger partial charge in [0, 0.05) is 0 Å². The molecule has 3 nitrogen and oxygen atoms in total. The largest absolute Gasteiger partial charge is 0.469 e. The van der Waals surface area contributed by atoms with Crippen LogP contribution in [-0.4, -0.2) is 24.8 Å². The molecule has 0 spiro atoms. The Morgan fingerprint density at radius 2 is 2.25 bits per heavy atom. The molecule has 1 N–H and O–H groups in total. The molecule has 0 aromatic carbocycles. The lowest BCUT2D eigenvalue weighted by molar-refractivity contribution is -0.143. The molecule has 0 bridgehead atoms. The Bertz CT molecular complexity index is 173. The fourth-order valence-corrected chi connectivity index (χ4v) is 0.900. The minimum Gasteiger partial charge on any atom is -0.469 e. The molecule has 0 aromatic rings. The monoisotopic (exact) mass is 172 g/mol. The summed E-state index contributed by atoms with van der Waals surface area (Å²) in [6.45, 7) is 3.68. The first-order valence-electron chi connectivity index (χ1n) is 4.01. The highest BCUT2D eigenvalue weighted by Crippen LogP contribution is 2.09. The van der Waals surface area contributed by atoms with E-state index in [0.717, 1.165) is 5.57 Å². The number of hydrogen-bond donors (Lipinski definition) is 1. The highest BCUT2D eigenvalue weighted by molar-refractivity contribution is 5.74. The molecule has 0 aliphatic heterocycles. The van der Waals surface area contributed by atoms with E-state index in [1.807, 2.05) is 6.92 Å². The average Bonchev–Trinajstić information content (AvgIpc) is 2.12. The molecule has 12 heavy (non-hydrogen) atoms.